The fraction of sp³-hybridized carbons (Fsp3) is 0.375. The highest BCUT2D eigenvalue weighted by molar-refractivity contribution is 5.85. The molecule has 0 aliphatic carbocycles. The largest absolute Gasteiger partial charge is 0.398 e. The van der Waals surface area contributed by atoms with E-state index in [0.717, 1.165) is 55.8 Å². The van der Waals surface area contributed by atoms with Crippen molar-refractivity contribution in [1.82, 2.24) is 0 Å². The molecular formula is C16H25ClN2O2. The molecule has 4 N–H and O–H groups in total. The van der Waals surface area contributed by atoms with Crippen molar-refractivity contribution in [3.63, 3.8) is 0 Å². The Morgan fingerprint density at radius 1 is 1.10 bits per heavy atom. The lowest BCUT2D eigenvalue weighted by molar-refractivity contribution is -0.312. The third-order valence-electron chi connectivity index (χ3n) is 2.87. The smallest absolute Gasteiger partial charge is 0.0823 e. The zero-order chi connectivity index (χ0) is 14.6. The predicted molar refractivity (Wildman–Crippen MR) is 91.3 cm³/mol. The molecule has 1 fully saturated rings. The second-order valence-corrected chi connectivity index (χ2v) is 4.47. The minimum atomic E-state index is 0. The summed E-state index contributed by atoms with van der Waals surface area (Å²) in [7, 11) is 0. The zero-order valence-corrected chi connectivity index (χ0v) is 13.1. The third-order valence-corrected chi connectivity index (χ3v) is 2.87. The van der Waals surface area contributed by atoms with Crippen molar-refractivity contribution in [2.24, 2.45) is 0 Å². The van der Waals surface area contributed by atoms with Crippen molar-refractivity contribution < 1.29 is 9.78 Å². The number of nitrogen functional groups attached to an aromatic ring is 2. The first-order valence-electron chi connectivity index (χ1n) is 6.90. The molecular weight excluding hydrogens is 288 g/mol. The van der Waals surface area contributed by atoms with Crippen LogP contribution >= 0.6 is 12.4 Å². The molecule has 0 spiro atoms. The predicted octanol–water partition coefficient (Wildman–Crippen LogP) is 3.68. The Morgan fingerprint density at radius 3 is 2.10 bits per heavy atom. The summed E-state index contributed by atoms with van der Waals surface area (Å²) in [4.78, 5) is 9.14. The van der Waals surface area contributed by atoms with E-state index in [9.17, 15) is 0 Å². The van der Waals surface area contributed by atoms with Gasteiger partial charge in [-0.1, -0.05) is 30.9 Å². The fourth-order valence-electron chi connectivity index (χ4n) is 1.77. The van der Waals surface area contributed by atoms with Gasteiger partial charge in [0.1, 0.15) is 0 Å². The van der Waals surface area contributed by atoms with Crippen molar-refractivity contribution >= 4 is 23.8 Å². The molecule has 1 aromatic carbocycles. The van der Waals surface area contributed by atoms with Gasteiger partial charge in [0, 0.05) is 11.4 Å². The van der Waals surface area contributed by atoms with Gasteiger partial charge in [-0.2, -0.15) is 0 Å². The third kappa shape index (κ3) is 8.40. The first kappa shape index (κ1) is 19.5. The molecule has 21 heavy (non-hydrogen) atoms. The van der Waals surface area contributed by atoms with Gasteiger partial charge in [-0.3, -0.25) is 0 Å². The quantitative estimate of drug-likeness (QED) is 0.505. The van der Waals surface area contributed by atoms with E-state index in [1.807, 2.05) is 24.3 Å². The maximum atomic E-state index is 5.81. The Labute approximate surface area is 133 Å². The van der Waals surface area contributed by atoms with E-state index in [4.69, 9.17) is 11.5 Å². The number of halogens is 1. The van der Waals surface area contributed by atoms with Gasteiger partial charge in [-0.05, 0) is 43.4 Å². The molecule has 1 aromatic rings. The van der Waals surface area contributed by atoms with Crippen molar-refractivity contribution in [3.8, 4) is 0 Å². The van der Waals surface area contributed by atoms with Crippen molar-refractivity contribution in [2.45, 2.75) is 25.7 Å². The summed E-state index contributed by atoms with van der Waals surface area (Å²) >= 11 is 0. The van der Waals surface area contributed by atoms with Crippen LogP contribution in [0.3, 0.4) is 0 Å². The van der Waals surface area contributed by atoms with Crippen LogP contribution in [-0.2, 0) is 16.2 Å². The lowest BCUT2D eigenvalue weighted by Gasteiger charge is -2.07. The molecule has 4 nitrogen and oxygen atoms in total. The van der Waals surface area contributed by atoms with E-state index >= 15 is 0 Å². The molecule has 1 aliphatic rings. The molecule has 1 heterocycles. The monoisotopic (exact) mass is 312 g/mol. The highest BCUT2D eigenvalue weighted by Crippen LogP contribution is 2.20. The molecule has 0 aromatic heterocycles. The van der Waals surface area contributed by atoms with Gasteiger partial charge in [0.05, 0.1) is 13.2 Å². The second-order valence-electron chi connectivity index (χ2n) is 4.47. The van der Waals surface area contributed by atoms with E-state index < -0.39 is 0 Å². The number of anilines is 2. The average Bonchev–Trinajstić information content (AvgIpc) is 2.48. The molecule has 5 heteroatoms. The van der Waals surface area contributed by atoms with Crippen LogP contribution in [0.2, 0.25) is 0 Å². The van der Waals surface area contributed by atoms with E-state index in [0.29, 0.717) is 0 Å². The zero-order valence-electron chi connectivity index (χ0n) is 12.3. The minimum Gasteiger partial charge on any atom is -0.398 e. The molecule has 1 saturated heterocycles. The normalized spacial score (nSPS) is 13.9. The molecule has 2 rings (SSSR count). The summed E-state index contributed by atoms with van der Waals surface area (Å²) < 4.78 is 0. The van der Waals surface area contributed by atoms with Crippen LogP contribution in [0, 0.1) is 0 Å². The van der Waals surface area contributed by atoms with E-state index in [-0.39, 0.29) is 12.4 Å². The van der Waals surface area contributed by atoms with Gasteiger partial charge in [0.15, 0.2) is 0 Å². The van der Waals surface area contributed by atoms with Crippen LogP contribution < -0.4 is 11.5 Å². The van der Waals surface area contributed by atoms with Crippen LogP contribution in [0.1, 0.15) is 24.8 Å². The van der Waals surface area contributed by atoms with Crippen LogP contribution in [-0.4, -0.2) is 13.2 Å². The van der Waals surface area contributed by atoms with Crippen molar-refractivity contribution in [1.29, 1.82) is 0 Å². The van der Waals surface area contributed by atoms with Gasteiger partial charge >= 0.3 is 0 Å². The summed E-state index contributed by atoms with van der Waals surface area (Å²) in [5, 5.41) is 0. The van der Waals surface area contributed by atoms with Crippen LogP contribution in [0.25, 0.3) is 0 Å². The highest BCUT2D eigenvalue weighted by Gasteiger charge is 2.01. The number of hydrogen-bond acceptors (Lipinski definition) is 4. The number of nitrogens with two attached hydrogens (primary N) is 2. The van der Waals surface area contributed by atoms with Gasteiger partial charge in [0.25, 0.3) is 0 Å². The first-order valence-corrected chi connectivity index (χ1v) is 6.90. The number of hydrogen-bond donors (Lipinski definition) is 2. The molecule has 1 aliphatic heterocycles. The Morgan fingerprint density at radius 2 is 1.67 bits per heavy atom. The summed E-state index contributed by atoms with van der Waals surface area (Å²) in [5.74, 6) is 0. The molecule has 0 bridgehead atoms. The highest BCUT2D eigenvalue weighted by atomic mass is 35.5. The topological polar surface area (TPSA) is 70.5 Å². The summed E-state index contributed by atoms with van der Waals surface area (Å²) in [6.07, 6.45) is 9.86. The van der Waals surface area contributed by atoms with Crippen molar-refractivity contribution in [3.05, 3.63) is 48.6 Å². The Bertz CT molecular complexity index is 401. The second kappa shape index (κ2) is 12.3. The van der Waals surface area contributed by atoms with Crippen LogP contribution in [0.4, 0.5) is 11.4 Å². The standard InChI is InChI=1S/C12H16N2.C4H8O2.ClH/c1-2-3-4-5-7-10-11(13)8-6-9-12(10)14;1-2-4-6-5-3-1;/h2-4,6,8-9H,1,5,7,13-14H2;1-4H2;1H. The van der Waals surface area contributed by atoms with Gasteiger partial charge in [-0.25, -0.2) is 9.78 Å². The van der Waals surface area contributed by atoms with Crippen molar-refractivity contribution in [2.75, 3.05) is 24.7 Å². The van der Waals surface area contributed by atoms with E-state index in [1.54, 1.807) is 6.08 Å². The van der Waals surface area contributed by atoms with Crippen LogP contribution in [0.5, 0.6) is 0 Å². The lowest BCUT2D eigenvalue weighted by Crippen LogP contribution is -2.05. The summed E-state index contributed by atoms with van der Waals surface area (Å²) in [6.45, 7) is 5.16. The Kier molecular flexibility index (Phi) is 11.4. The van der Waals surface area contributed by atoms with Gasteiger partial charge < -0.3 is 11.5 Å². The SMILES string of the molecule is C1CCOOC1.C=CC=CCCc1c(N)cccc1N.Cl. The molecule has 0 radical (unpaired) electrons. The molecule has 118 valence electrons. The summed E-state index contributed by atoms with van der Waals surface area (Å²) in [5.41, 5.74) is 14.2. The molecule has 0 unspecified atom stereocenters. The number of benzene rings is 1. The minimum absolute atomic E-state index is 0. The summed E-state index contributed by atoms with van der Waals surface area (Å²) in [6, 6.07) is 5.62. The molecule has 0 saturated carbocycles. The average molecular weight is 313 g/mol. The lowest BCUT2D eigenvalue weighted by atomic mass is 10.1. The number of allylic oxidation sites excluding steroid dienone is 3. The fourth-order valence-corrected chi connectivity index (χ4v) is 1.77. The van der Waals surface area contributed by atoms with Crippen LogP contribution in [0.15, 0.2) is 43.0 Å². The first-order chi connectivity index (χ1) is 9.75. The van der Waals surface area contributed by atoms with Gasteiger partial charge in [-0.15, -0.1) is 12.4 Å². The van der Waals surface area contributed by atoms with E-state index in [2.05, 4.69) is 22.4 Å². The molecule has 0 amide bonds. The Hall–Kier alpha value is -1.49. The maximum absolute atomic E-state index is 5.81. The molecule has 0 atom stereocenters. The van der Waals surface area contributed by atoms with Gasteiger partial charge in [0.2, 0.25) is 0 Å². The van der Waals surface area contributed by atoms with E-state index in [1.165, 1.54) is 0 Å². The Balaban J connectivity index is 0.000000480. The number of rotatable bonds is 4. The maximum Gasteiger partial charge on any atom is 0.0823 e.